The van der Waals surface area contributed by atoms with Crippen molar-refractivity contribution in [3.63, 3.8) is 0 Å². The Hall–Kier alpha value is -2.54. The van der Waals surface area contributed by atoms with Crippen LogP contribution in [-0.2, 0) is 21.4 Å². The van der Waals surface area contributed by atoms with Crippen LogP contribution in [0.25, 0.3) is 0 Å². The van der Waals surface area contributed by atoms with Gasteiger partial charge < -0.3 is 10.2 Å². The van der Waals surface area contributed by atoms with Gasteiger partial charge in [0.05, 0.1) is 11.9 Å². The number of aryl methyl sites for hydroxylation is 1. The van der Waals surface area contributed by atoms with Crippen LogP contribution in [0, 0.1) is 6.92 Å². The molecule has 1 aliphatic rings. The highest BCUT2D eigenvalue weighted by Crippen LogP contribution is 2.22. The lowest BCUT2D eigenvalue weighted by atomic mass is 10.1. The Labute approximate surface area is 179 Å². The van der Waals surface area contributed by atoms with Gasteiger partial charge in [0.1, 0.15) is 6.04 Å². The lowest BCUT2D eigenvalue weighted by Gasteiger charge is -2.29. The molecule has 1 N–H and O–H groups in total. The maximum Gasteiger partial charge on any atom is 0.243 e. The van der Waals surface area contributed by atoms with Crippen molar-refractivity contribution in [2.75, 3.05) is 28.6 Å². The summed E-state index contributed by atoms with van der Waals surface area (Å²) in [6, 6.07) is 14.5. The molecule has 6 nitrogen and oxygen atoms in total. The molecule has 1 aliphatic heterocycles. The number of rotatable bonds is 7. The van der Waals surface area contributed by atoms with E-state index in [4.69, 9.17) is 0 Å². The topological polar surface area (TPSA) is 69.7 Å². The number of amides is 1. The molecule has 0 spiro atoms. The molecule has 1 saturated heterocycles. The third-order valence-electron chi connectivity index (χ3n) is 5.47. The zero-order valence-corrected chi connectivity index (χ0v) is 18.8. The van der Waals surface area contributed by atoms with Gasteiger partial charge in [0.15, 0.2) is 0 Å². The molecular formula is C23H31N3O3S. The molecule has 1 fully saturated rings. The number of anilines is 2. The van der Waals surface area contributed by atoms with Gasteiger partial charge in [-0.2, -0.15) is 0 Å². The molecule has 2 aromatic rings. The molecule has 1 atom stereocenters. The van der Waals surface area contributed by atoms with Crippen LogP contribution in [0.3, 0.4) is 0 Å². The van der Waals surface area contributed by atoms with Gasteiger partial charge >= 0.3 is 0 Å². The lowest BCUT2D eigenvalue weighted by molar-refractivity contribution is -0.122. The van der Waals surface area contributed by atoms with E-state index in [9.17, 15) is 13.2 Å². The van der Waals surface area contributed by atoms with Crippen LogP contribution in [-0.4, -0.2) is 39.7 Å². The summed E-state index contributed by atoms with van der Waals surface area (Å²) in [6.07, 6.45) is 4.88. The predicted molar refractivity (Wildman–Crippen MR) is 122 cm³/mol. The van der Waals surface area contributed by atoms with Crippen molar-refractivity contribution < 1.29 is 13.2 Å². The Morgan fingerprint density at radius 2 is 1.77 bits per heavy atom. The monoisotopic (exact) mass is 429 g/mol. The minimum Gasteiger partial charge on any atom is -0.372 e. The van der Waals surface area contributed by atoms with E-state index < -0.39 is 16.1 Å². The minimum absolute atomic E-state index is 0.331. The number of piperidine rings is 1. The average Bonchev–Trinajstić information content (AvgIpc) is 2.72. The highest BCUT2D eigenvalue weighted by molar-refractivity contribution is 7.92. The number of carbonyl (C=O) groups excluding carboxylic acids is 1. The smallest absolute Gasteiger partial charge is 0.243 e. The Balaban J connectivity index is 1.65. The van der Waals surface area contributed by atoms with Crippen LogP contribution < -0.4 is 14.5 Å². The second-order valence-corrected chi connectivity index (χ2v) is 9.87. The second kappa shape index (κ2) is 9.51. The Bertz CT molecular complexity index is 967. The third kappa shape index (κ3) is 5.53. The van der Waals surface area contributed by atoms with Crippen molar-refractivity contribution in [1.82, 2.24) is 5.32 Å². The number of carbonyl (C=O) groups is 1. The largest absolute Gasteiger partial charge is 0.372 e. The number of benzene rings is 2. The van der Waals surface area contributed by atoms with E-state index in [0.717, 1.165) is 30.5 Å². The highest BCUT2D eigenvalue weighted by Gasteiger charge is 2.29. The third-order valence-corrected chi connectivity index (χ3v) is 6.71. The maximum absolute atomic E-state index is 12.8. The number of hydrogen-bond acceptors (Lipinski definition) is 4. The first-order valence-electron chi connectivity index (χ1n) is 10.4. The maximum atomic E-state index is 12.8. The van der Waals surface area contributed by atoms with Crippen molar-refractivity contribution in [1.29, 1.82) is 0 Å². The van der Waals surface area contributed by atoms with Crippen molar-refractivity contribution in [2.24, 2.45) is 0 Å². The van der Waals surface area contributed by atoms with Gasteiger partial charge in [-0.05, 0) is 68.5 Å². The zero-order chi connectivity index (χ0) is 21.7. The Morgan fingerprint density at radius 1 is 1.10 bits per heavy atom. The molecule has 1 amide bonds. The van der Waals surface area contributed by atoms with Crippen LogP contribution in [0.1, 0.15) is 37.3 Å². The molecule has 3 rings (SSSR count). The van der Waals surface area contributed by atoms with E-state index in [1.807, 2.05) is 25.1 Å². The van der Waals surface area contributed by atoms with E-state index in [1.54, 1.807) is 25.1 Å². The summed E-state index contributed by atoms with van der Waals surface area (Å²) in [6.45, 7) is 6.04. The summed E-state index contributed by atoms with van der Waals surface area (Å²) in [5.41, 5.74) is 3.62. The Kier molecular flexibility index (Phi) is 7.02. The molecule has 2 aromatic carbocycles. The van der Waals surface area contributed by atoms with E-state index in [2.05, 4.69) is 22.3 Å². The summed E-state index contributed by atoms with van der Waals surface area (Å²) in [7, 11) is -3.61. The molecule has 30 heavy (non-hydrogen) atoms. The van der Waals surface area contributed by atoms with Gasteiger partial charge in [0.2, 0.25) is 15.9 Å². The summed E-state index contributed by atoms with van der Waals surface area (Å²) in [4.78, 5) is 15.1. The molecule has 1 heterocycles. The molecule has 7 heteroatoms. The van der Waals surface area contributed by atoms with E-state index >= 15 is 0 Å². The van der Waals surface area contributed by atoms with Gasteiger partial charge in [-0.1, -0.05) is 24.3 Å². The SMILES string of the molecule is Cc1cccc(N([C@@H](C)C(=O)NCc2ccc(N3CCCCC3)cc2)S(C)(=O)=O)c1. The summed E-state index contributed by atoms with van der Waals surface area (Å²) < 4.78 is 26.0. The van der Waals surface area contributed by atoms with E-state index in [0.29, 0.717) is 12.2 Å². The minimum atomic E-state index is -3.61. The van der Waals surface area contributed by atoms with Crippen LogP contribution >= 0.6 is 0 Å². The summed E-state index contributed by atoms with van der Waals surface area (Å²) in [5, 5.41) is 2.88. The molecule has 162 valence electrons. The first kappa shape index (κ1) is 22.2. The number of nitrogens with one attached hydrogen (secondary N) is 1. The Morgan fingerprint density at radius 3 is 2.37 bits per heavy atom. The van der Waals surface area contributed by atoms with Gasteiger partial charge in [-0.3, -0.25) is 9.10 Å². The summed E-state index contributed by atoms with van der Waals surface area (Å²) >= 11 is 0. The van der Waals surface area contributed by atoms with Gasteiger partial charge in [0.25, 0.3) is 0 Å². The van der Waals surface area contributed by atoms with Crippen molar-refractivity contribution >= 4 is 27.3 Å². The van der Waals surface area contributed by atoms with Crippen LogP contribution in [0.15, 0.2) is 48.5 Å². The van der Waals surface area contributed by atoms with Crippen molar-refractivity contribution in [3.05, 3.63) is 59.7 Å². The molecule has 0 bridgehead atoms. The first-order chi connectivity index (χ1) is 14.3. The van der Waals surface area contributed by atoms with E-state index in [1.165, 1.54) is 29.3 Å². The highest BCUT2D eigenvalue weighted by atomic mass is 32.2. The fraction of sp³-hybridized carbons (Fsp3) is 0.435. The van der Waals surface area contributed by atoms with Crippen LogP contribution in [0.2, 0.25) is 0 Å². The zero-order valence-electron chi connectivity index (χ0n) is 18.0. The van der Waals surface area contributed by atoms with Crippen LogP contribution in [0.4, 0.5) is 11.4 Å². The van der Waals surface area contributed by atoms with Gasteiger partial charge in [-0.15, -0.1) is 0 Å². The fourth-order valence-corrected chi connectivity index (χ4v) is 5.05. The standard InChI is InChI=1S/C23H31N3O3S/c1-18-8-7-9-22(16-18)26(30(3,28)29)19(2)23(27)24-17-20-10-12-21(13-11-20)25-14-5-4-6-15-25/h7-13,16,19H,4-6,14-15,17H2,1-3H3,(H,24,27)/t19-/m0/s1. The molecule has 0 unspecified atom stereocenters. The van der Waals surface area contributed by atoms with Gasteiger partial charge in [0, 0.05) is 25.3 Å². The number of sulfonamides is 1. The molecular weight excluding hydrogens is 398 g/mol. The molecule has 0 aliphatic carbocycles. The molecule has 0 radical (unpaired) electrons. The summed E-state index contributed by atoms with van der Waals surface area (Å²) in [5.74, 6) is -0.331. The first-order valence-corrected chi connectivity index (χ1v) is 12.3. The second-order valence-electron chi connectivity index (χ2n) is 8.01. The van der Waals surface area contributed by atoms with Crippen LogP contribution in [0.5, 0.6) is 0 Å². The normalized spacial score (nSPS) is 15.5. The lowest BCUT2D eigenvalue weighted by Crippen LogP contribution is -2.47. The van der Waals surface area contributed by atoms with Crippen molar-refractivity contribution in [3.8, 4) is 0 Å². The number of nitrogens with zero attached hydrogens (tertiary/aromatic N) is 2. The van der Waals surface area contributed by atoms with E-state index in [-0.39, 0.29) is 5.91 Å². The quantitative estimate of drug-likeness (QED) is 0.732. The average molecular weight is 430 g/mol. The molecule has 0 saturated carbocycles. The fourth-order valence-electron chi connectivity index (χ4n) is 3.89. The predicted octanol–water partition coefficient (Wildman–Crippen LogP) is 3.46. The van der Waals surface area contributed by atoms with Gasteiger partial charge in [-0.25, -0.2) is 8.42 Å². The number of hydrogen-bond donors (Lipinski definition) is 1. The molecule has 0 aromatic heterocycles. The van der Waals surface area contributed by atoms with Crippen molar-refractivity contribution in [2.45, 2.75) is 45.7 Å².